The fourth-order valence-corrected chi connectivity index (χ4v) is 5.02. The number of benzene rings is 1. The molecule has 2 unspecified atom stereocenters. The summed E-state index contributed by atoms with van der Waals surface area (Å²) in [6.07, 6.45) is 10.2. The predicted octanol–water partition coefficient (Wildman–Crippen LogP) is 5.42. The standard InChI is InChI=1S/C31H51N3O5/c1-6-8-9-10-14-21-34(29(37)26(22-35)33-30(38)39-31(3,4)5)27(24-19-17-23(7-2)18-20-24)28(36)32-25-15-12-11-13-16-25/h17-20,25-27,35H,6-16,21-22H2,1-5H3,(H,32,36)(H,33,38). The van der Waals surface area contributed by atoms with E-state index in [0.29, 0.717) is 6.54 Å². The number of alkyl carbamates (subject to hydrolysis) is 1. The fourth-order valence-electron chi connectivity index (χ4n) is 5.02. The maximum Gasteiger partial charge on any atom is 0.408 e. The quantitative estimate of drug-likeness (QED) is 0.271. The van der Waals surface area contributed by atoms with Gasteiger partial charge in [-0.3, -0.25) is 9.59 Å². The van der Waals surface area contributed by atoms with Crippen molar-refractivity contribution >= 4 is 17.9 Å². The van der Waals surface area contributed by atoms with Crippen LogP contribution in [-0.4, -0.2) is 58.8 Å². The Balaban J connectivity index is 2.39. The first-order valence-electron chi connectivity index (χ1n) is 14.9. The summed E-state index contributed by atoms with van der Waals surface area (Å²) in [6, 6.07) is 5.79. The number of nitrogens with zero attached hydrogens (tertiary/aromatic N) is 1. The molecule has 1 aromatic carbocycles. The Bertz CT molecular complexity index is 890. The van der Waals surface area contributed by atoms with Gasteiger partial charge in [-0.05, 0) is 57.6 Å². The molecule has 39 heavy (non-hydrogen) atoms. The smallest absolute Gasteiger partial charge is 0.408 e. The van der Waals surface area contributed by atoms with Crippen LogP contribution in [0.25, 0.3) is 0 Å². The Morgan fingerprint density at radius 3 is 2.21 bits per heavy atom. The van der Waals surface area contributed by atoms with Crippen LogP contribution in [0.4, 0.5) is 4.79 Å². The van der Waals surface area contributed by atoms with E-state index in [1.807, 2.05) is 24.3 Å². The Kier molecular flexibility index (Phi) is 13.8. The first kappa shape index (κ1) is 32.6. The number of aryl methyl sites for hydroxylation is 1. The molecule has 2 atom stereocenters. The predicted molar refractivity (Wildman–Crippen MR) is 154 cm³/mol. The molecule has 0 radical (unpaired) electrons. The zero-order valence-electron chi connectivity index (χ0n) is 24.8. The number of aliphatic hydroxyl groups excluding tert-OH is 1. The van der Waals surface area contributed by atoms with Gasteiger partial charge in [-0.1, -0.05) is 83.1 Å². The number of rotatable bonds is 14. The summed E-state index contributed by atoms with van der Waals surface area (Å²) < 4.78 is 5.33. The average Bonchev–Trinajstić information content (AvgIpc) is 2.90. The molecule has 0 spiro atoms. The first-order valence-corrected chi connectivity index (χ1v) is 14.9. The molecule has 2 rings (SSSR count). The van der Waals surface area contributed by atoms with Crippen LogP contribution in [0.5, 0.6) is 0 Å². The van der Waals surface area contributed by atoms with Crippen LogP contribution in [0.1, 0.15) is 116 Å². The van der Waals surface area contributed by atoms with Crippen molar-refractivity contribution in [2.24, 2.45) is 0 Å². The van der Waals surface area contributed by atoms with Crippen LogP contribution in [0.2, 0.25) is 0 Å². The molecule has 1 saturated carbocycles. The summed E-state index contributed by atoms with van der Waals surface area (Å²) >= 11 is 0. The van der Waals surface area contributed by atoms with Crippen molar-refractivity contribution < 1.29 is 24.2 Å². The maximum absolute atomic E-state index is 13.9. The summed E-state index contributed by atoms with van der Waals surface area (Å²) in [7, 11) is 0. The normalized spacial score (nSPS) is 15.7. The Morgan fingerprint density at radius 1 is 1.00 bits per heavy atom. The highest BCUT2D eigenvalue weighted by Crippen LogP contribution is 2.26. The number of unbranched alkanes of at least 4 members (excludes halogenated alkanes) is 4. The molecule has 8 heteroatoms. The highest BCUT2D eigenvalue weighted by molar-refractivity contribution is 5.92. The number of amides is 3. The van der Waals surface area contributed by atoms with Crippen LogP contribution >= 0.6 is 0 Å². The molecule has 0 bridgehead atoms. The lowest BCUT2D eigenvalue weighted by Gasteiger charge is -2.35. The van der Waals surface area contributed by atoms with Crippen molar-refractivity contribution in [3.63, 3.8) is 0 Å². The zero-order valence-corrected chi connectivity index (χ0v) is 24.8. The van der Waals surface area contributed by atoms with Crippen molar-refractivity contribution in [1.82, 2.24) is 15.5 Å². The molecule has 3 N–H and O–H groups in total. The number of ether oxygens (including phenoxy) is 1. The summed E-state index contributed by atoms with van der Waals surface area (Å²) in [5.74, 6) is -0.718. The molecular formula is C31H51N3O5. The van der Waals surface area contributed by atoms with E-state index in [0.717, 1.165) is 75.3 Å². The van der Waals surface area contributed by atoms with Gasteiger partial charge in [0.2, 0.25) is 11.8 Å². The largest absolute Gasteiger partial charge is 0.444 e. The number of nitrogens with one attached hydrogen (secondary N) is 2. The molecular weight excluding hydrogens is 494 g/mol. The lowest BCUT2D eigenvalue weighted by molar-refractivity contribution is -0.143. The number of carbonyl (C=O) groups is 3. The van der Waals surface area contributed by atoms with Gasteiger partial charge >= 0.3 is 6.09 Å². The van der Waals surface area contributed by atoms with Crippen LogP contribution in [0.3, 0.4) is 0 Å². The minimum Gasteiger partial charge on any atom is -0.444 e. The monoisotopic (exact) mass is 545 g/mol. The van der Waals surface area contributed by atoms with Crippen LogP contribution < -0.4 is 10.6 Å². The van der Waals surface area contributed by atoms with Gasteiger partial charge in [0.1, 0.15) is 17.7 Å². The first-order chi connectivity index (χ1) is 18.6. The summed E-state index contributed by atoms with van der Waals surface area (Å²) in [5.41, 5.74) is 1.11. The van der Waals surface area contributed by atoms with Crippen molar-refractivity contribution in [1.29, 1.82) is 0 Å². The summed E-state index contributed by atoms with van der Waals surface area (Å²) in [4.78, 5) is 41.9. The second kappa shape index (κ2) is 16.5. The van der Waals surface area contributed by atoms with Gasteiger partial charge in [0.15, 0.2) is 0 Å². The highest BCUT2D eigenvalue weighted by Gasteiger charge is 2.36. The Hall–Kier alpha value is -2.61. The van der Waals surface area contributed by atoms with Gasteiger partial charge in [-0.15, -0.1) is 0 Å². The maximum atomic E-state index is 13.9. The van der Waals surface area contributed by atoms with Gasteiger partial charge in [0, 0.05) is 12.6 Å². The second-order valence-electron chi connectivity index (χ2n) is 11.7. The van der Waals surface area contributed by atoms with Gasteiger partial charge in [0.05, 0.1) is 6.61 Å². The summed E-state index contributed by atoms with van der Waals surface area (Å²) in [5, 5.41) is 15.9. The van der Waals surface area contributed by atoms with Crippen molar-refractivity contribution in [2.45, 2.75) is 129 Å². The Labute approximate surface area is 235 Å². The molecule has 1 fully saturated rings. The second-order valence-corrected chi connectivity index (χ2v) is 11.7. The topological polar surface area (TPSA) is 108 Å². The Morgan fingerprint density at radius 2 is 1.64 bits per heavy atom. The van der Waals surface area contributed by atoms with Crippen molar-refractivity contribution in [3.05, 3.63) is 35.4 Å². The molecule has 1 aromatic rings. The molecule has 0 aromatic heterocycles. The molecule has 1 aliphatic carbocycles. The van der Waals surface area contributed by atoms with Gasteiger partial charge in [-0.2, -0.15) is 0 Å². The molecule has 0 aliphatic heterocycles. The van der Waals surface area contributed by atoms with Crippen LogP contribution in [0, 0.1) is 0 Å². The van der Waals surface area contributed by atoms with Gasteiger partial charge in [-0.25, -0.2) is 4.79 Å². The molecule has 0 saturated heterocycles. The molecule has 1 aliphatic rings. The fraction of sp³-hybridized carbons (Fsp3) is 0.710. The zero-order chi connectivity index (χ0) is 28.8. The third kappa shape index (κ3) is 11.2. The van der Waals surface area contributed by atoms with E-state index in [2.05, 4.69) is 24.5 Å². The van der Waals surface area contributed by atoms with E-state index >= 15 is 0 Å². The summed E-state index contributed by atoms with van der Waals surface area (Å²) in [6.45, 7) is 9.16. The van der Waals surface area contributed by atoms with E-state index in [-0.39, 0.29) is 11.9 Å². The van der Waals surface area contributed by atoms with Gasteiger partial charge in [0.25, 0.3) is 0 Å². The van der Waals surface area contributed by atoms with Gasteiger partial charge < -0.3 is 25.4 Å². The van der Waals surface area contributed by atoms with Crippen LogP contribution in [0.15, 0.2) is 24.3 Å². The SMILES string of the molecule is CCCCCCCN(C(=O)C(CO)NC(=O)OC(C)(C)C)C(C(=O)NC1CCCCC1)c1ccc(CC)cc1. The molecule has 8 nitrogen and oxygen atoms in total. The molecule has 0 heterocycles. The number of hydrogen-bond donors (Lipinski definition) is 3. The minimum atomic E-state index is -1.23. The lowest BCUT2D eigenvalue weighted by atomic mass is 9.94. The van der Waals surface area contributed by atoms with E-state index in [1.54, 1.807) is 25.7 Å². The number of carbonyl (C=O) groups excluding carboxylic acids is 3. The van der Waals surface area contributed by atoms with Crippen molar-refractivity contribution in [2.75, 3.05) is 13.2 Å². The average molecular weight is 546 g/mol. The number of hydrogen-bond acceptors (Lipinski definition) is 5. The third-order valence-corrected chi connectivity index (χ3v) is 7.17. The lowest BCUT2D eigenvalue weighted by Crippen LogP contribution is -2.55. The van der Waals surface area contributed by atoms with E-state index in [1.165, 1.54) is 6.42 Å². The van der Waals surface area contributed by atoms with Crippen LogP contribution in [-0.2, 0) is 20.7 Å². The molecule has 3 amide bonds. The van der Waals surface area contributed by atoms with E-state index in [9.17, 15) is 19.5 Å². The molecule has 220 valence electrons. The highest BCUT2D eigenvalue weighted by atomic mass is 16.6. The van der Waals surface area contributed by atoms with E-state index < -0.39 is 36.3 Å². The number of aliphatic hydroxyl groups is 1. The van der Waals surface area contributed by atoms with E-state index in [4.69, 9.17) is 4.74 Å². The minimum absolute atomic E-state index is 0.0821. The van der Waals surface area contributed by atoms with Crippen molar-refractivity contribution in [3.8, 4) is 0 Å². The third-order valence-electron chi connectivity index (χ3n) is 7.17.